The topological polar surface area (TPSA) is 70.6 Å². The number of amides is 1. The summed E-state index contributed by atoms with van der Waals surface area (Å²) in [5.74, 6) is 6.82. The lowest BCUT2D eigenvalue weighted by Crippen LogP contribution is -2.42. The molecule has 5 heteroatoms. The molecule has 0 saturated heterocycles. The molecular formula is C22H26N2O3. The van der Waals surface area contributed by atoms with E-state index in [1.54, 1.807) is 12.1 Å². The molecule has 2 rings (SSSR count). The lowest BCUT2D eigenvalue weighted by Gasteiger charge is -2.23. The molecule has 0 aliphatic heterocycles. The number of hydrogen-bond acceptors (Lipinski definition) is 4. The summed E-state index contributed by atoms with van der Waals surface area (Å²) < 4.78 is 5.76. The number of β-amino-alcohol motifs (C(OH)–C–C–N with tert-alkyl or cyclic N) is 1. The van der Waals surface area contributed by atoms with E-state index in [0.717, 1.165) is 16.8 Å². The monoisotopic (exact) mass is 366 g/mol. The lowest BCUT2D eigenvalue weighted by atomic mass is 10.1. The predicted molar refractivity (Wildman–Crippen MR) is 108 cm³/mol. The van der Waals surface area contributed by atoms with E-state index >= 15 is 0 Å². The van der Waals surface area contributed by atoms with Crippen molar-refractivity contribution >= 4 is 12.1 Å². The van der Waals surface area contributed by atoms with Crippen LogP contribution in [0.2, 0.25) is 0 Å². The fraction of sp³-hybridized carbons (Fsp3) is 0.318. The molecule has 0 spiro atoms. The first kappa shape index (κ1) is 20.5. The van der Waals surface area contributed by atoms with Gasteiger partial charge in [-0.2, -0.15) is 0 Å². The molecule has 3 N–H and O–H groups in total. The minimum Gasteiger partial charge on any atom is -0.490 e. The van der Waals surface area contributed by atoms with Gasteiger partial charge in [0.2, 0.25) is 6.41 Å². The zero-order chi connectivity index (χ0) is 19.7. The maximum Gasteiger partial charge on any atom is 0.211 e. The van der Waals surface area contributed by atoms with Crippen LogP contribution in [-0.2, 0) is 4.79 Å². The highest BCUT2D eigenvalue weighted by molar-refractivity contribution is 5.71. The van der Waals surface area contributed by atoms with Crippen molar-refractivity contribution in [3.63, 3.8) is 0 Å². The third-order valence-corrected chi connectivity index (χ3v) is 3.64. The molecule has 0 saturated carbocycles. The Morgan fingerprint density at radius 3 is 2.48 bits per heavy atom. The van der Waals surface area contributed by atoms with Crippen LogP contribution in [0.5, 0.6) is 5.75 Å². The highest BCUT2D eigenvalue weighted by Crippen LogP contribution is 2.17. The fourth-order valence-corrected chi connectivity index (χ4v) is 2.22. The van der Waals surface area contributed by atoms with Crippen molar-refractivity contribution in [3.8, 4) is 17.6 Å². The first-order chi connectivity index (χ1) is 12.9. The van der Waals surface area contributed by atoms with Gasteiger partial charge in [-0.15, -0.1) is 0 Å². The smallest absolute Gasteiger partial charge is 0.211 e. The molecule has 0 radical (unpaired) electrons. The Labute approximate surface area is 160 Å². The van der Waals surface area contributed by atoms with Gasteiger partial charge in [-0.05, 0) is 57.2 Å². The quantitative estimate of drug-likeness (QED) is 0.521. The molecular weight excluding hydrogens is 340 g/mol. The molecule has 0 heterocycles. The van der Waals surface area contributed by atoms with Gasteiger partial charge in [0.15, 0.2) is 0 Å². The Balaban J connectivity index is 2.00. The maximum atomic E-state index is 10.4. The Morgan fingerprint density at radius 2 is 1.81 bits per heavy atom. The van der Waals surface area contributed by atoms with Crippen LogP contribution in [0.3, 0.4) is 0 Å². The van der Waals surface area contributed by atoms with Crippen molar-refractivity contribution < 1.29 is 14.6 Å². The van der Waals surface area contributed by atoms with Crippen molar-refractivity contribution in [1.29, 1.82) is 0 Å². The first-order valence-electron chi connectivity index (χ1n) is 8.84. The third kappa shape index (κ3) is 7.53. The zero-order valence-electron chi connectivity index (χ0n) is 16.0. The van der Waals surface area contributed by atoms with E-state index < -0.39 is 6.10 Å². The standard InChI is InChI=1S/C22H26N2O3/c1-22(2,3)24-14-20(26)15-27-21-7-5-4-6-18(21)11-8-17-9-12-19(13-10-17)23-16-25/h4-7,9-10,12-13,16,20,24,26H,14-15H2,1-3H3,(H,23,25). The summed E-state index contributed by atoms with van der Waals surface area (Å²) in [6.45, 7) is 6.79. The van der Waals surface area contributed by atoms with Gasteiger partial charge >= 0.3 is 0 Å². The maximum absolute atomic E-state index is 10.4. The Morgan fingerprint density at radius 1 is 1.11 bits per heavy atom. The third-order valence-electron chi connectivity index (χ3n) is 3.64. The largest absolute Gasteiger partial charge is 0.490 e. The normalized spacial score (nSPS) is 11.9. The van der Waals surface area contributed by atoms with Gasteiger partial charge < -0.3 is 20.5 Å². The Kier molecular flexibility index (Phi) is 7.42. The number of aliphatic hydroxyl groups excluding tert-OH is 1. The summed E-state index contributed by atoms with van der Waals surface area (Å²) in [6, 6.07) is 14.7. The number of nitrogens with one attached hydrogen (secondary N) is 2. The molecule has 0 aromatic heterocycles. The van der Waals surface area contributed by atoms with Crippen molar-refractivity contribution in [2.75, 3.05) is 18.5 Å². The average Bonchev–Trinajstić information content (AvgIpc) is 2.64. The molecule has 0 fully saturated rings. The van der Waals surface area contributed by atoms with Gasteiger partial charge in [0.1, 0.15) is 18.5 Å². The van der Waals surface area contributed by atoms with E-state index in [-0.39, 0.29) is 12.1 Å². The highest BCUT2D eigenvalue weighted by Gasteiger charge is 2.13. The van der Waals surface area contributed by atoms with Gasteiger partial charge in [0.25, 0.3) is 0 Å². The van der Waals surface area contributed by atoms with Crippen LogP contribution in [0, 0.1) is 11.8 Å². The summed E-state index contributed by atoms with van der Waals surface area (Å²) in [5.41, 5.74) is 2.25. The molecule has 1 amide bonds. The average molecular weight is 366 g/mol. The molecule has 2 aromatic rings. The van der Waals surface area contributed by atoms with Crippen LogP contribution in [0.25, 0.3) is 0 Å². The van der Waals surface area contributed by atoms with Crippen LogP contribution in [0.1, 0.15) is 31.9 Å². The van der Waals surface area contributed by atoms with Crippen LogP contribution in [0.15, 0.2) is 48.5 Å². The minimum atomic E-state index is -0.608. The van der Waals surface area contributed by atoms with Crippen LogP contribution >= 0.6 is 0 Å². The number of carbonyl (C=O) groups excluding carboxylic acids is 1. The first-order valence-corrected chi connectivity index (χ1v) is 8.84. The van der Waals surface area contributed by atoms with Crippen molar-refractivity contribution in [1.82, 2.24) is 5.32 Å². The van der Waals surface area contributed by atoms with Gasteiger partial charge in [0, 0.05) is 23.3 Å². The van der Waals surface area contributed by atoms with Crippen molar-refractivity contribution in [2.45, 2.75) is 32.4 Å². The van der Waals surface area contributed by atoms with E-state index in [9.17, 15) is 9.90 Å². The molecule has 0 aliphatic rings. The van der Waals surface area contributed by atoms with Crippen molar-refractivity contribution in [3.05, 3.63) is 59.7 Å². The van der Waals surface area contributed by atoms with Gasteiger partial charge in [-0.3, -0.25) is 4.79 Å². The molecule has 0 aliphatic carbocycles. The second-order valence-electron chi connectivity index (χ2n) is 7.18. The number of hydrogen-bond donors (Lipinski definition) is 3. The van der Waals surface area contributed by atoms with E-state index in [4.69, 9.17) is 4.74 Å². The number of anilines is 1. The minimum absolute atomic E-state index is 0.0544. The van der Waals surface area contributed by atoms with Gasteiger partial charge in [-0.25, -0.2) is 0 Å². The second kappa shape index (κ2) is 9.77. The summed E-state index contributed by atoms with van der Waals surface area (Å²) in [7, 11) is 0. The van der Waals surface area contributed by atoms with Crippen LogP contribution in [-0.4, -0.2) is 36.3 Å². The molecule has 27 heavy (non-hydrogen) atoms. The number of aliphatic hydroxyl groups is 1. The molecule has 0 bridgehead atoms. The van der Waals surface area contributed by atoms with E-state index in [1.165, 1.54) is 0 Å². The van der Waals surface area contributed by atoms with E-state index in [2.05, 4.69) is 22.5 Å². The summed E-state index contributed by atoms with van der Waals surface area (Å²) in [5, 5.41) is 15.9. The number of benzene rings is 2. The number of ether oxygens (including phenoxy) is 1. The summed E-state index contributed by atoms with van der Waals surface area (Å²) in [4.78, 5) is 10.4. The van der Waals surface area contributed by atoms with E-state index in [0.29, 0.717) is 18.7 Å². The highest BCUT2D eigenvalue weighted by atomic mass is 16.5. The van der Waals surface area contributed by atoms with Gasteiger partial charge in [-0.1, -0.05) is 24.0 Å². The number of rotatable bonds is 7. The molecule has 1 unspecified atom stereocenters. The predicted octanol–water partition coefficient (Wildman–Crippen LogP) is 2.78. The molecule has 5 nitrogen and oxygen atoms in total. The van der Waals surface area contributed by atoms with Crippen LogP contribution in [0.4, 0.5) is 5.69 Å². The summed E-state index contributed by atoms with van der Waals surface area (Å²) in [6.07, 6.45) is 0.0304. The lowest BCUT2D eigenvalue weighted by molar-refractivity contribution is -0.105. The van der Waals surface area contributed by atoms with Crippen molar-refractivity contribution in [2.24, 2.45) is 0 Å². The Bertz CT molecular complexity index is 799. The summed E-state index contributed by atoms with van der Waals surface area (Å²) >= 11 is 0. The van der Waals surface area contributed by atoms with Gasteiger partial charge in [0.05, 0.1) is 5.56 Å². The molecule has 142 valence electrons. The second-order valence-corrected chi connectivity index (χ2v) is 7.18. The van der Waals surface area contributed by atoms with E-state index in [1.807, 2.05) is 57.2 Å². The number of para-hydroxylation sites is 1. The van der Waals surface area contributed by atoms with Crippen LogP contribution < -0.4 is 15.4 Å². The fourth-order valence-electron chi connectivity index (χ4n) is 2.22. The Hall–Kier alpha value is -2.81. The molecule has 2 aromatic carbocycles. The SMILES string of the molecule is CC(C)(C)NCC(O)COc1ccccc1C#Cc1ccc(NC=O)cc1. The number of carbonyl (C=O) groups is 1. The molecule has 1 atom stereocenters. The zero-order valence-corrected chi connectivity index (χ0v) is 16.0.